The second-order valence-electron chi connectivity index (χ2n) is 12.4. The molecule has 4 amide bonds. The average Bonchev–Trinajstić information content (AvgIpc) is 3.74. The summed E-state index contributed by atoms with van der Waals surface area (Å²) in [5, 5.41) is 13.2. The van der Waals surface area contributed by atoms with Gasteiger partial charge in [-0.05, 0) is 48.2 Å². The number of aromatic nitrogens is 3. The minimum absolute atomic E-state index is 0.0209. The van der Waals surface area contributed by atoms with E-state index in [1.165, 1.54) is 24.6 Å². The summed E-state index contributed by atoms with van der Waals surface area (Å²) in [4.78, 5) is 60.9. The highest BCUT2D eigenvalue weighted by Gasteiger charge is 2.37. The predicted molar refractivity (Wildman–Crippen MR) is 180 cm³/mol. The zero-order valence-corrected chi connectivity index (χ0v) is 29.3. The van der Waals surface area contributed by atoms with Crippen molar-refractivity contribution in [2.24, 2.45) is 0 Å². The van der Waals surface area contributed by atoms with Gasteiger partial charge in [-0.3, -0.25) is 19.2 Å². The van der Waals surface area contributed by atoms with Gasteiger partial charge in [-0.15, -0.1) is 5.10 Å². The lowest BCUT2D eigenvalue weighted by Gasteiger charge is -2.36. The van der Waals surface area contributed by atoms with Crippen molar-refractivity contribution in [2.45, 2.75) is 76.3 Å². The van der Waals surface area contributed by atoms with Crippen LogP contribution in [0.15, 0.2) is 35.2 Å². The Morgan fingerprint density at radius 3 is 2.46 bits per heavy atom. The molecule has 16 heteroatoms. The van der Waals surface area contributed by atoms with Crippen LogP contribution >= 0.6 is 11.5 Å². The van der Waals surface area contributed by atoms with Crippen molar-refractivity contribution in [1.29, 1.82) is 0 Å². The first-order valence-electron chi connectivity index (χ1n) is 16.4. The number of nitrogens with zero attached hydrogens (tertiary/aromatic N) is 5. The number of carbonyl (C=O) groups excluding carboxylic acids is 4. The van der Waals surface area contributed by atoms with Crippen molar-refractivity contribution in [3.05, 3.63) is 58.2 Å². The number of rotatable bonds is 11. The molecule has 3 N–H and O–H groups in total. The first-order valence-corrected chi connectivity index (χ1v) is 18.8. The summed E-state index contributed by atoms with van der Waals surface area (Å²) < 4.78 is 24.5. The zero-order chi connectivity index (χ0) is 34.2. The number of piperazine rings is 1. The summed E-state index contributed by atoms with van der Waals surface area (Å²) in [5.74, 6) is -2.45. The molecule has 2 atom stereocenters. The number of anilines is 1. The molecule has 2 aliphatic rings. The normalized spacial score (nSPS) is 17.4. The van der Waals surface area contributed by atoms with Gasteiger partial charge in [0.2, 0.25) is 17.3 Å². The third-order valence-electron chi connectivity index (χ3n) is 9.20. The maximum absolute atomic E-state index is 15.8. The molecule has 1 saturated carbocycles. The van der Waals surface area contributed by atoms with Crippen LogP contribution in [0.4, 0.5) is 14.9 Å². The average molecular weight is 698 g/mol. The van der Waals surface area contributed by atoms with Gasteiger partial charge in [0.15, 0.2) is 0 Å². The van der Waals surface area contributed by atoms with E-state index in [0.717, 1.165) is 50.1 Å². The maximum atomic E-state index is 15.8. The number of likely N-dealkylation sites (N-methyl/N-ethyl adjacent to an activating group) is 1. The number of hydrogen-bond acceptors (Lipinski definition) is 10. The highest BCUT2D eigenvalue weighted by Crippen LogP contribution is 2.31. The zero-order valence-electron chi connectivity index (χ0n) is 27.5. The van der Waals surface area contributed by atoms with Crippen LogP contribution in [0.3, 0.4) is 0 Å². The van der Waals surface area contributed by atoms with Crippen molar-refractivity contribution >= 4 is 49.4 Å². The number of halogens is 1. The molecule has 3 aromatic rings. The molecule has 0 spiro atoms. The van der Waals surface area contributed by atoms with Crippen molar-refractivity contribution in [3.8, 4) is 0 Å². The van der Waals surface area contributed by atoms with Gasteiger partial charge in [0.1, 0.15) is 28.6 Å². The fourth-order valence-electron chi connectivity index (χ4n) is 6.20. The molecule has 2 aromatic heterocycles. The molecule has 0 bridgehead atoms. The van der Waals surface area contributed by atoms with Crippen LogP contribution in [0.2, 0.25) is 5.54 Å². The van der Waals surface area contributed by atoms with Gasteiger partial charge in [0, 0.05) is 32.1 Å². The SMILES string of the molecule is CCc1nocc1C(=O)N[Si](C(=O)Nc1ccc([C@H](C)[C@@H](NC(=O)c2cnns2)C(=O)N2CCN(C)CC2)cc1F)C1CCCCCC1. The Balaban J connectivity index is 1.34. The quantitative estimate of drug-likeness (QED) is 0.197. The van der Waals surface area contributed by atoms with Gasteiger partial charge in [0.25, 0.3) is 14.9 Å². The van der Waals surface area contributed by atoms with Crippen LogP contribution in [0.25, 0.3) is 0 Å². The lowest BCUT2D eigenvalue weighted by atomic mass is 9.91. The number of aryl methyl sites for hydroxylation is 1. The Morgan fingerprint density at radius 1 is 1.08 bits per heavy atom. The van der Waals surface area contributed by atoms with Crippen LogP contribution in [0.5, 0.6) is 0 Å². The van der Waals surface area contributed by atoms with Crippen molar-refractivity contribution in [3.63, 3.8) is 0 Å². The van der Waals surface area contributed by atoms with Crippen LogP contribution in [0.1, 0.15) is 89.6 Å². The summed E-state index contributed by atoms with van der Waals surface area (Å²) in [6, 6.07) is 3.42. The highest BCUT2D eigenvalue weighted by molar-refractivity contribution is 7.07. The minimum atomic E-state index is -2.21. The fourth-order valence-corrected chi connectivity index (χ4v) is 8.94. The summed E-state index contributed by atoms with van der Waals surface area (Å²) >= 11 is 0.920. The van der Waals surface area contributed by atoms with E-state index in [-0.39, 0.29) is 22.0 Å². The van der Waals surface area contributed by atoms with Crippen LogP contribution < -0.4 is 15.6 Å². The van der Waals surface area contributed by atoms with Gasteiger partial charge in [-0.2, -0.15) is 0 Å². The first kappa shape index (κ1) is 35.3. The third-order valence-corrected chi connectivity index (χ3v) is 12.4. The Bertz CT molecular complexity index is 1570. The third kappa shape index (κ3) is 8.52. The number of carbonyl (C=O) groups is 4. The van der Waals surface area contributed by atoms with Crippen molar-refractivity contribution in [1.82, 2.24) is 34.8 Å². The standard InChI is InChI=1S/C32H42FN8O5SSi/c1-4-25-23(19-46-37-25)29(42)38-48(22-9-7-5-6-8-10-22)32(45)35-26-12-11-21(17-24(26)33)20(2)28(36-30(43)27-18-34-39-47-27)31(44)41-15-13-40(3)14-16-41/h11-12,17-20,22,28H,4-10,13-16H2,1-3H3,(H,35,45)(H,36,43)(H,38,42)/t20-,28+/m0/s1. The molecule has 2 fully saturated rings. The second kappa shape index (κ2) is 16.4. The number of amides is 4. The van der Waals surface area contributed by atoms with Crippen LogP contribution in [0, 0.1) is 5.82 Å². The number of nitrogens with one attached hydrogen (secondary N) is 3. The molecule has 5 rings (SSSR count). The number of benzene rings is 1. The molecule has 1 aliphatic heterocycles. The molecular formula is C32H42FN8O5SSi. The maximum Gasteiger partial charge on any atom is 0.284 e. The Hall–Kier alpha value is -4.02. The predicted octanol–water partition coefficient (Wildman–Crippen LogP) is 4.16. The van der Waals surface area contributed by atoms with Gasteiger partial charge >= 0.3 is 0 Å². The molecule has 3 heterocycles. The van der Waals surface area contributed by atoms with E-state index in [4.69, 9.17) is 4.52 Å². The first-order chi connectivity index (χ1) is 23.2. The lowest BCUT2D eigenvalue weighted by Crippen LogP contribution is -2.55. The smallest absolute Gasteiger partial charge is 0.284 e. The largest absolute Gasteiger partial charge is 0.369 e. The highest BCUT2D eigenvalue weighted by atomic mass is 32.1. The number of hydrogen-bond donors (Lipinski definition) is 3. The van der Waals surface area contributed by atoms with E-state index < -0.39 is 44.1 Å². The molecule has 1 radical (unpaired) electrons. The Kier molecular flexibility index (Phi) is 12.0. The van der Waals surface area contributed by atoms with E-state index in [1.807, 2.05) is 14.0 Å². The Labute approximate surface area is 284 Å². The van der Waals surface area contributed by atoms with Gasteiger partial charge in [-0.25, -0.2) is 4.39 Å². The minimum Gasteiger partial charge on any atom is -0.369 e. The monoisotopic (exact) mass is 697 g/mol. The fraction of sp³-hybridized carbons (Fsp3) is 0.531. The molecule has 48 heavy (non-hydrogen) atoms. The van der Waals surface area contributed by atoms with Crippen molar-refractivity contribution < 1.29 is 28.1 Å². The summed E-state index contributed by atoms with van der Waals surface area (Å²) in [6.07, 6.45) is 8.79. The van der Waals surface area contributed by atoms with Crippen molar-refractivity contribution in [2.75, 3.05) is 38.5 Å². The molecular weight excluding hydrogens is 656 g/mol. The molecule has 1 aromatic carbocycles. The summed E-state index contributed by atoms with van der Waals surface area (Å²) in [6.45, 7) is 6.04. The molecule has 13 nitrogen and oxygen atoms in total. The second-order valence-corrected chi connectivity index (χ2v) is 15.6. The van der Waals surface area contributed by atoms with E-state index in [0.29, 0.717) is 49.4 Å². The van der Waals surface area contributed by atoms with E-state index >= 15 is 4.39 Å². The van der Waals surface area contributed by atoms with E-state index in [2.05, 4.69) is 35.3 Å². The molecule has 1 saturated heterocycles. The van der Waals surface area contributed by atoms with Gasteiger partial charge in [-0.1, -0.05) is 68.1 Å². The summed E-state index contributed by atoms with van der Waals surface area (Å²) in [7, 11) is -0.222. The van der Waals surface area contributed by atoms with Crippen LogP contribution in [-0.2, 0) is 11.2 Å². The Morgan fingerprint density at radius 2 is 1.81 bits per heavy atom. The molecule has 0 unspecified atom stereocenters. The summed E-state index contributed by atoms with van der Waals surface area (Å²) in [5.41, 5.74) is 0.820. The van der Waals surface area contributed by atoms with E-state index in [9.17, 15) is 19.2 Å². The molecule has 1 aliphatic carbocycles. The van der Waals surface area contributed by atoms with Crippen LogP contribution in [-0.4, -0.2) is 96.0 Å². The van der Waals surface area contributed by atoms with Gasteiger partial charge < -0.3 is 29.9 Å². The lowest BCUT2D eigenvalue weighted by molar-refractivity contribution is -0.135. The van der Waals surface area contributed by atoms with Gasteiger partial charge in [0.05, 0.1) is 17.6 Å². The van der Waals surface area contributed by atoms with E-state index in [1.54, 1.807) is 17.9 Å². The molecule has 257 valence electrons. The topological polar surface area (TPSA) is 163 Å².